The smallest absolute Gasteiger partial charge is 0.112 e. The lowest BCUT2D eigenvalue weighted by Gasteiger charge is -2.23. The Kier molecular flexibility index (Phi) is 4.74. The van der Waals surface area contributed by atoms with Gasteiger partial charge in [0.05, 0.1) is 18.1 Å². The molecule has 0 saturated carbocycles. The van der Waals surface area contributed by atoms with Crippen molar-refractivity contribution in [3.8, 4) is 0 Å². The SMILES string of the molecule is Cc1nc(CN(CCC(=N)N)c2ccccc2)sc1C. The molecule has 0 fully saturated rings. The van der Waals surface area contributed by atoms with Gasteiger partial charge in [-0.25, -0.2) is 4.98 Å². The van der Waals surface area contributed by atoms with E-state index in [1.54, 1.807) is 11.3 Å². The number of benzene rings is 1. The molecule has 0 unspecified atom stereocenters. The second kappa shape index (κ2) is 6.52. The summed E-state index contributed by atoms with van der Waals surface area (Å²) in [5, 5.41) is 8.51. The van der Waals surface area contributed by atoms with Crippen molar-refractivity contribution in [2.75, 3.05) is 11.4 Å². The van der Waals surface area contributed by atoms with Crippen molar-refractivity contribution in [3.05, 3.63) is 45.9 Å². The van der Waals surface area contributed by atoms with Gasteiger partial charge in [0.2, 0.25) is 0 Å². The van der Waals surface area contributed by atoms with Crippen molar-refractivity contribution in [3.63, 3.8) is 0 Å². The Balaban J connectivity index is 2.16. The normalized spacial score (nSPS) is 10.5. The van der Waals surface area contributed by atoms with Gasteiger partial charge in [-0.2, -0.15) is 0 Å². The van der Waals surface area contributed by atoms with Crippen LogP contribution in [0.15, 0.2) is 30.3 Å². The van der Waals surface area contributed by atoms with E-state index in [0.717, 1.165) is 29.5 Å². The van der Waals surface area contributed by atoms with E-state index in [0.29, 0.717) is 6.42 Å². The first-order chi connectivity index (χ1) is 9.56. The monoisotopic (exact) mass is 288 g/mol. The number of aryl methyl sites for hydroxylation is 2. The third-order valence-electron chi connectivity index (χ3n) is 3.17. The quantitative estimate of drug-likeness (QED) is 0.634. The van der Waals surface area contributed by atoms with Gasteiger partial charge in [-0.15, -0.1) is 11.3 Å². The first-order valence-electron chi connectivity index (χ1n) is 6.62. The van der Waals surface area contributed by atoms with Gasteiger partial charge in [0.1, 0.15) is 5.01 Å². The summed E-state index contributed by atoms with van der Waals surface area (Å²) in [4.78, 5) is 8.08. The van der Waals surface area contributed by atoms with Gasteiger partial charge in [0.15, 0.2) is 0 Å². The van der Waals surface area contributed by atoms with Crippen LogP contribution >= 0.6 is 11.3 Å². The Morgan fingerprint density at radius 1 is 1.30 bits per heavy atom. The summed E-state index contributed by atoms with van der Waals surface area (Å²) in [5.74, 6) is 0.220. The summed E-state index contributed by atoms with van der Waals surface area (Å²) in [6.07, 6.45) is 0.568. The first-order valence-corrected chi connectivity index (χ1v) is 7.43. The fourth-order valence-corrected chi connectivity index (χ4v) is 2.91. The number of nitrogens with two attached hydrogens (primary N) is 1. The zero-order valence-electron chi connectivity index (χ0n) is 11.9. The maximum atomic E-state index is 7.41. The average Bonchev–Trinajstić information content (AvgIpc) is 2.74. The second-order valence-electron chi connectivity index (χ2n) is 4.78. The molecule has 5 heteroatoms. The lowest BCUT2D eigenvalue weighted by atomic mass is 10.2. The number of para-hydroxylation sites is 1. The summed E-state index contributed by atoms with van der Waals surface area (Å²) in [6.45, 7) is 5.63. The molecule has 2 aromatic rings. The molecule has 0 atom stereocenters. The molecule has 0 bridgehead atoms. The summed E-state index contributed by atoms with van der Waals surface area (Å²) in [5.41, 5.74) is 7.72. The minimum Gasteiger partial charge on any atom is -0.388 e. The van der Waals surface area contributed by atoms with Crippen molar-refractivity contribution >= 4 is 22.9 Å². The van der Waals surface area contributed by atoms with Crippen molar-refractivity contribution < 1.29 is 0 Å². The molecule has 4 nitrogen and oxygen atoms in total. The Hall–Kier alpha value is -1.88. The molecule has 0 spiro atoms. The summed E-state index contributed by atoms with van der Waals surface area (Å²) in [7, 11) is 0. The van der Waals surface area contributed by atoms with Crippen molar-refractivity contribution in [1.29, 1.82) is 5.41 Å². The number of amidine groups is 1. The largest absolute Gasteiger partial charge is 0.388 e. The molecule has 1 heterocycles. The molecule has 0 saturated heterocycles. The van der Waals surface area contributed by atoms with E-state index >= 15 is 0 Å². The molecule has 1 aromatic heterocycles. The molecule has 20 heavy (non-hydrogen) atoms. The van der Waals surface area contributed by atoms with Gasteiger partial charge in [-0.05, 0) is 26.0 Å². The van der Waals surface area contributed by atoms with Crippen LogP contribution in [0.3, 0.4) is 0 Å². The number of nitrogens with zero attached hydrogens (tertiary/aromatic N) is 2. The third-order valence-corrected chi connectivity index (χ3v) is 4.23. The average molecular weight is 288 g/mol. The Morgan fingerprint density at radius 2 is 2.00 bits per heavy atom. The fraction of sp³-hybridized carbons (Fsp3) is 0.333. The van der Waals surface area contributed by atoms with Gasteiger partial charge in [0, 0.05) is 23.5 Å². The van der Waals surface area contributed by atoms with Crippen LogP contribution in [-0.2, 0) is 6.54 Å². The minimum atomic E-state index is 0.220. The summed E-state index contributed by atoms with van der Waals surface area (Å²) < 4.78 is 0. The first kappa shape index (κ1) is 14.5. The lowest BCUT2D eigenvalue weighted by molar-refractivity contribution is 0.795. The molecule has 106 valence electrons. The third kappa shape index (κ3) is 3.81. The maximum Gasteiger partial charge on any atom is 0.112 e. The van der Waals surface area contributed by atoms with E-state index in [1.165, 1.54) is 4.88 Å². The highest BCUT2D eigenvalue weighted by molar-refractivity contribution is 7.11. The van der Waals surface area contributed by atoms with Crippen molar-refractivity contribution in [2.45, 2.75) is 26.8 Å². The fourth-order valence-electron chi connectivity index (χ4n) is 1.96. The standard InChI is InChI=1S/C15H20N4S/c1-11-12(2)20-15(18-11)10-19(9-8-14(16)17)13-6-4-3-5-7-13/h3-7H,8-10H2,1-2H3,(H3,16,17). The number of thiazole rings is 1. The van der Waals surface area contributed by atoms with Crippen molar-refractivity contribution in [2.24, 2.45) is 5.73 Å². The van der Waals surface area contributed by atoms with Gasteiger partial charge in [0.25, 0.3) is 0 Å². The van der Waals surface area contributed by atoms with Gasteiger partial charge < -0.3 is 10.6 Å². The summed E-state index contributed by atoms with van der Waals surface area (Å²) in [6, 6.07) is 10.2. The maximum absolute atomic E-state index is 7.41. The molecule has 1 aromatic carbocycles. The molecular weight excluding hydrogens is 268 g/mol. The van der Waals surface area contributed by atoms with Crippen LogP contribution in [0.5, 0.6) is 0 Å². The van der Waals surface area contributed by atoms with Gasteiger partial charge in [-0.1, -0.05) is 18.2 Å². The molecule has 0 aliphatic carbocycles. The number of aromatic nitrogens is 1. The number of hydrogen-bond donors (Lipinski definition) is 2. The predicted molar refractivity (Wildman–Crippen MR) is 85.6 cm³/mol. The van der Waals surface area contributed by atoms with Crippen LogP contribution in [0.1, 0.15) is 22.0 Å². The highest BCUT2D eigenvalue weighted by atomic mass is 32.1. The highest BCUT2D eigenvalue weighted by Crippen LogP contribution is 2.22. The van der Waals surface area contributed by atoms with Crippen LogP contribution in [0.25, 0.3) is 0 Å². The number of nitrogens with one attached hydrogen (secondary N) is 1. The van der Waals surface area contributed by atoms with Crippen molar-refractivity contribution in [1.82, 2.24) is 4.98 Å². The topological polar surface area (TPSA) is 66.0 Å². The molecule has 0 amide bonds. The predicted octanol–water partition coefficient (Wildman–Crippen LogP) is 3.09. The second-order valence-corrected chi connectivity index (χ2v) is 6.07. The molecule has 0 radical (unpaired) electrons. The lowest BCUT2D eigenvalue weighted by Crippen LogP contribution is -2.27. The van der Waals surface area contributed by atoms with Crippen LogP contribution < -0.4 is 10.6 Å². The molecular formula is C15H20N4S. The zero-order chi connectivity index (χ0) is 14.5. The molecule has 0 aliphatic heterocycles. The Morgan fingerprint density at radius 3 is 2.55 bits per heavy atom. The molecule has 2 rings (SSSR count). The minimum absolute atomic E-state index is 0.220. The van der Waals surface area contributed by atoms with E-state index in [-0.39, 0.29) is 5.84 Å². The number of hydrogen-bond acceptors (Lipinski definition) is 4. The Bertz CT molecular complexity index is 557. The van der Waals surface area contributed by atoms with Crippen LogP contribution in [0.4, 0.5) is 5.69 Å². The van der Waals surface area contributed by atoms with Crippen LogP contribution in [-0.4, -0.2) is 17.4 Å². The Labute approximate surface area is 123 Å². The van der Waals surface area contributed by atoms with E-state index in [9.17, 15) is 0 Å². The van der Waals surface area contributed by atoms with E-state index < -0.39 is 0 Å². The van der Waals surface area contributed by atoms with Crippen LogP contribution in [0, 0.1) is 19.3 Å². The van der Waals surface area contributed by atoms with E-state index in [1.807, 2.05) is 25.1 Å². The molecule has 3 N–H and O–H groups in total. The van der Waals surface area contributed by atoms with E-state index in [2.05, 4.69) is 28.9 Å². The number of rotatable bonds is 6. The van der Waals surface area contributed by atoms with E-state index in [4.69, 9.17) is 11.1 Å². The highest BCUT2D eigenvalue weighted by Gasteiger charge is 2.11. The summed E-state index contributed by atoms with van der Waals surface area (Å²) >= 11 is 1.73. The van der Waals surface area contributed by atoms with Gasteiger partial charge >= 0.3 is 0 Å². The zero-order valence-corrected chi connectivity index (χ0v) is 12.7. The molecule has 0 aliphatic rings. The van der Waals surface area contributed by atoms with Crippen LogP contribution in [0.2, 0.25) is 0 Å². The van der Waals surface area contributed by atoms with Gasteiger partial charge in [-0.3, -0.25) is 5.41 Å². The number of anilines is 1.